The number of thiocarbonyl (C=S) groups is 1. The Hall–Kier alpha value is -2.76. The minimum Gasteiger partial charge on any atom is -0.507 e. The number of nitrogens with zero attached hydrogens (tertiary/aromatic N) is 3. The fraction of sp³-hybridized carbons (Fsp3) is 0.0556. The first-order valence-corrected chi connectivity index (χ1v) is 9.95. The van der Waals surface area contributed by atoms with Gasteiger partial charge in [-0.2, -0.15) is 10.1 Å². The van der Waals surface area contributed by atoms with Crippen LogP contribution >= 0.6 is 39.9 Å². The molecule has 29 heavy (non-hydrogen) atoms. The van der Waals surface area contributed by atoms with E-state index in [-0.39, 0.29) is 26.2 Å². The molecule has 2 aromatic carbocycles. The Morgan fingerprint density at radius 2 is 2.10 bits per heavy atom. The zero-order valence-electron chi connectivity index (χ0n) is 14.7. The number of nitro benzene ring substituents is 1. The monoisotopic (exact) mass is 493 g/mol. The van der Waals surface area contributed by atoms with Gasteiger partial charge >= 0.3 is 0 Å². The quantitative estimate of drug-likeness (QED) is 0.217. The SMILES string of the molecule is COc1ccc(C=NN2C(=O)C(=Cc3cc([N+](=O)[O-])ccc3O)SC2=S)cc1Br. The van der Waals surface area contributed by atoms with Gasteiger partial charge in [-0.25, -0.2) is 0 Å². The van der Waals surface area contributed by atoms with Crippen molar-refractivity contribution in [3.05, 3.63) is 67.0 Å². The molecular weight excluding hydrogens is 482 g/mol. The molecule has 1 fully saturated rings. The van der Waals surface area contributed by atoms with Gasteiger partial charge in [-0.1, -0.05) is 11.8 Å². The number of halogens is 1. The number of methoxy groups -OCH3 is 1. The second-order valence-electron chi connectivity index (χ2n) is 5.63. The summed E-state index contributed by atoms with van der Waals surface area (Å²) in [6.45, 7) is 0. The zero-order valence-corrected chi connectivity index (χ0v) is 18.0. The van der Waals surface area contributed by atoms with Crippen molar-refractivity contribution in [1.82, 2.24) is 5.01 Å². The van der Waals surface area contributed by atoms with Gasteiger partial charge < -0.3 is 9.84 Å². The van der Waals surface area contributed by atoms with E-state index in [9.17, 15) is 20.0 Å². The summed E-state index contributed by atoms with van der Waals surface area (Å²) < 4.78 is 6.10. The minimum atomic E-state index is -0.584. The molecule has 1 aliphatic heterocycles. The molecule has 0 radical (unpaired) electrons. The summed E-state index contributed by atoms with van der Waals surface area (Å²) in [5, 5.41) is 26.1. The molecule has 0 unspecified atom stereocenters. The number of phenolic OH excluding ortho intramolecular Hbond substituents is 1. The summed E-state index contributed by atoms with van der Waals surface area (Å²) in [7, 11) is 1.55. The summed E-state index contributed by atoms with van der Waals surface area (Å²) in [6, 6.07) is 8.85. The van der Waals surface area contributed by atoms with Gasteiger partial charge in [0.05, 0.1) is 27.6 Å². The molecule has 1 aliphatic rings. The van der Waals surface area contributed by atoms with E-state index >= 15 is 0 Å². The lowest BCUT2D eigenvalue weighted by Gasteiger charge is -2.07. The number of phenols is 1. The van der Waals surface area contributed by atoms with E-state index in [1.165, 1.54) is 30.5 Å². The number of carbonyl (C=O) groups is 1. The topological polar surface area (TPSA) is 105 Å². The van der Waals surface area contributed by atoms with Crippen LogP contribution in [0.2, 0.25) is 0 Å². The Morgan fingerprint density at radius 1 is 1.34 bits per heavy atom. The fourth-order valence-electron chi connectivity index (χ4n) is 2.36. The Balaban J connectivity index is 1.85. The number of non-ortho nitro benzene ring substituents is 1. The van der Waals surface area contributed by atoms with Crippen molar-refractivity contribution in [2.45, 2.75) is 0 Å². The first-order valence-electron chi connectivity index (χ1n) is 7.93. The van der Waals surface area contributed by atoms with Crippen LogP contribution in [0, 0.1) is 10.1 Å². The molecule has 11 heteroatoms. The van der Waals surface area contributed by atoms with Gasteiger partial charge in [0.15, 0.2) is 4.32 Å². The number of thioether (sulfide) groups is 1. The van der Waals surface area contributed by atoms with Crippen LogP contribution in [0.25, 0.3) is 6.08 Å². The molecule has 1 saturated heterocycles. The number of ether oxygens (including phenoxy) is 1. The van der Waals surface area contributed by atoms with Gasteiger partial charge in [-0.3, -0.25) is 14.9 Å². The molecule has 1 N–H and O–H groups in total. The maximum absolute atomic E-state index is 12.6. The number of amides is 1. The average Bonchev–Trinajstić information content (AvgIpc) is 2.94. The largest absolute Gasteiger partial charge is 0.507 e. The normalized spacial score (nSPS) is 15.5. The number of carbonyl (C=O) groups excluding carboxylic acids is 1. The first-order chi connectivity index (χ1) is 13.8. The van der Waals surface area contributed by atoms with Crippen LogP contribution in [0.4, 0.5) is 5.69 Å². The maximum Gasteiger partial charge on any atom is 0.286 e. The van der Waals surface area contributed by atoms with Crippen LogP contribution in [-0.4, -0.2) is 38.6 Å². The number of aromatic hydroxyl groups is 1. The Labute approximate surface area is 183 Å². The van der Waals surface area contributed by atoms with Crippen molar-refractivity contribution in [2.24, 2.45) is 5.10 Å². The highest BCUT2D eigenvalue weighted by Crippen LogP contribution is 2.35. The molecule has 0 atom stereocenters. The lowest BCUT2D eigenvalue weighted by molar-refractivity contribution is -0.384. The highest BCUT2D eigenvalue weighted by Gasteiger charge is 2.32. The molecule has 0 saturated carbocycles. The van der Waals surface area contributed by atoms with Gasteiger partial charge in [0.1, 0.15) is 11.5 Å². The van der Waals surface area contributed by atoms with E-state index in [0.717, 1.165) is 21.2 Å². The predicted octanol–water partition coefficient (Wildman–Crippen LogP) is 4.31. The summed E-state index contributed by atoms with van der Waals surface area (Å²) in [5.41, 5.74) is 0.655. The maximum atomic E-state index is 12.6. The van der Waals surface area contributed by atoms with Crippen LogP contribution in [0.1, 0.15) is 11.1 Å². The zero-order chi connectivity index (χ0) is 21.1. The number of hydrogen-bond donors (Lipinski definition) is 1. The molecule has 3 rings (SSSR count). The molecule has 148 valence electrons. The van der Waals surface area contributed by atoms with Gasteiger partial charge in [0.2, 0.25) is 0 Å². The fourth-order valence-corrected chi connectivity index (χ4v) is 4.08. The van der Waals surface area contributed by atoms with Crippen molar-refractivity contribution in [3.8, 4) is 11.5 Å². The lowest BCUT2D eigenvalue weighted by atomic mass is 10.1. The summed E-state index contributed by atoms with van der Waals surface area (Å²) in [4.78, 5) is 23.2. The number of rotatable bonds is 5. The van der Waals surface area contributed by atoms with E-state index in [4.69, 9.17) is 17.0 Å². The highest BCUT2D eigenvalue weighted by molar-refractivity contribution is 9.10. The molecule has 0 aliphatic carbocycles. The smallest absolute Gasteiger partial charge is 0.286 e. The third kappa shape index (κ3) is 4.63. The molecule has 8 nitrogen and oxygen atoms in total. The third-order valence-electron chi connectivity index (χ3n) is 3.78. The van der Waals surface area contributed by atoms with Crippen molar-refractivity contribution < 1.29 is 19.6 Å². The van der Waals surface area contributed by atoms with Crippen LogP contribution < -0.4 is 4.74 Å². The number of nitro groups is 1. The van der Waals surface area contributed by atoms with Gasteiger partial charge in [0, 0.05) is 17.7 Å². The molecule has 2 aromatic rings. The number of benzene rings is 2. The molecule has 1 heterocycles. The van der Waals surface area contributed by atoms with E-state index in [0.29, 0.717) is 11.3 Å². The summed E-state index contributed by atoms with van der Waals surface area (Å²) in [6.07, 6.45) is 2.82. The van der Waals surface area contributed by atoms with Crippen LogP contribution in [0.15, 0.2) is 50.9 Å². The van der Waals surface area contributed by atoms with Crippen molar-refractivity contribution >= 4 is 68.1 Å². The molecule has 0 aromatic heterocycles. The Bertz CT molecular complexity index is 1090. The summed E-state index contributed by atoms with van der Waals surface area (Å²) >= 11 is 9.57. The minimum absolute atomic E-state index is 0.141. The third-order valence-corrected chi connectivity index (χ3v) is 5.68. The molecular formula is C18H12BrN3O5S2. The van der Waals surface area contributed by atoms with Gasteiger partial charge in [-0.15, -0.1) is 0 Å². The first kappa shape index (κ1) is 21.0. The van der Waals surface area contributed by atoms with Crippen LogP contribution in [0.3, 0.4) is 0 Å². The molecule has 1 amide bonds. The van der Waals surface area contributed by atoms with Gasteiger partial charge in [0.25, 0.3) is 11.6 Å². The van der Waals surface area contributed by atoms with Crippen molar-refractivity contribution in [1.29, 1.82) is 0 Å². The number of hydrazone groups is 1. The average molecular weight is 494 g/mol. The van der Waals surface area contributed by atoms with Crippen LogP contribution in [-0.2, 0) is 4.79 Å². The second-order valence-corrected chi connectivity index (χ2v) is 8.16. The predicted molar refractivity (Wildman–Crippen MR) is 118 cm³/mol. The standard InChI is InChI=1S/C18H12BrN3O5S2/c1-27-15-5-2-10(6-13(15)19)9-20-21-17(24)16(29-18(21)28)8-11-7-12(22(25)26)3-4-14(11)23/h2-9,23H,1H3. The van der Waals surface area contributed by atoms with Crippen molar-refractivity contribution in [2.75, 3.05) is 7.11 Å². The van der Waals surface area contributed by atoms with Crippen LogP contribution in [0.5, 0.6) is 11.5 Å². The Kier molecular flexibility index (Phi) is 6.30. The molecule has 0 spiro atoms. The lowest BCUT2D eigenvalue weighted by Crippen LogP contribution is -2.22. The molecule has 0 bridgehead atoms. The van der Waals surface area contributed by atoms with Gasteiger partial charge in [-0.05, 0) is 64.1 Å². The van der Waals surface area contributed by atoms with E-state index in [1.807, 2.05) is 0 Å². The second kappa shape index (κ2) is 8.72. The number of hydrogen-bond acceptors (Lipinski definition) is 8. The summed E-state index contributed by atoms with van der Waals surface area (Å²) in [5.74, 6) is -0.0188. The van der Waals surface area contributed by atoms with E-state index in [2.05, 4.69) is 21.0 Å². The Morgan fingerprint density at radius 3 is 2.76 bits per heavy atom. The highest BCUT2D eigenvalue weighted by atomic mass is 79.9. The van der Waals surface area contributed by atoms with Crippen molar-refractivity contribution in [3.63, 3.8) is 0 Å². The van der Waals surface area contributed by atoms with E-state index in [1.54, 1.807) is 25.3 Å². The van der Waals surface area contributed by atoms with E-state index < -0.39 is 10.8 Å².